The van der Waals surface area contributed by atoms with E-state index in [0.717, 1.165) is 14.0 Å². The van der Waals surface area contributed by atoms with Crippen molar-refractivity contribution in [3.05, 3.63) is 36.1 Å². The van der Waals surface area contributed by atoms with Crippen LogP contribution in [0.25, 0.3) is 0 Å². The first-order valence-corrected chi connectivity index (χ1v) is 8.24. The summed E-state index contributed by atoms with van der Waals surface area (Å²) in [7, 11) is 0. The van der Waals surface area contributed by atoms with E-state index in [0.29, 0.717) is 23.0 Å². The van der Waals surface area contributed by atoms with Crippen LogP contribution in [0.4, 0.5) is 0 Å². The lowest BCUT2D eigenvalue weighted by atomic mass is 10.4. The Morgan fingerprint density at radius 3 is 2.89 bits per heavy atom. The maximum atomic E-state index is 12.0. The van der Waals surface area contributed by atoms with Crippen LogP contribution >= 0.6 is 54.8 Å². The van der Waals surface area contributed by atoms with E-state index in [4.69, 9.17) is 11.6 Å². The highest BCUT2D eigenvalue weighted by atomic mass is 79.9. The zero-order valence-electron chi connectivity index (χ0n) is 9.91. The number of halogens is 3. The minimum absolute atomic E-state index is 0.128. The first-order valence-electron chi connectivity index (χ1n) is 5.46. The average Bonchev–Trinajstić information content (AvgIpc) is 2.90. The smallest absolute Gasteiger partial charge is 0.261 e. The Morgan fingerprint density at radius 1 is 1.58 bits per heavy atom. The summed E-state index contributed by atoms with van der Waals surface area (Å²) in [5.74, 6) is -0.128. The maximum Gasteiger partial charge on any atom is 0.261 e. The van der Waals surface area contributed by atoms with E-state index in [1.165, 1.54) is 11.3 Å². The molecule has 2 aromatic rings. The Labute approximate surface area is 136 Å². The first-order chi connectivity index (χ1) is 9.02. The third-order valence-corrected chi connectivity index (χ3v) is 6.05. The number of nitrogens with zero attached hydrogens (tertiary/aromatic N) is 2. The van der Waals surface area contributed by atoms with E-state index in [2.05, 4.69) is 42.3 Å². The molecule has 0 fully saturated rings. The minimum atomic E-state index is -0.128. The van der Waals surface area contributed by atoms with Gasteiger partial charge in [0.1, 0.15) is 0 Å². The van der Waals surface area contributed by atoms with Gasteiger partial charge in [0.2, 0.25) is 0 Å². The molecular weight excluding hydrogens is 417 g/mol. The van der Waals surface area contributed by atoms with Crippen LogP contribution < -0.4 is 5.32 Å². The van der Waals surface area contributed by atoms with Crippen molar-refractivity contribution in [2.75, 3.05) is 0 Å². The molecule has 0 spiro atoms. The van der Waals surface area contributed by atoms with Crippen molar-refractivity contribution in [1.29, 1.82) is 0 Å². The molecule has 0 aliphatic carbocycles. The molecule has 0 radical (unpaired) electrons. The number of nitrogens with one attached hydrogen (secondary N) is 1. The predicted octanol–water partition coefficient (Wildman–Crippen LogP) is 4.07. The first kappa shape index (κ1) is 15.0. The Hall–Kier alpha value is -0.370. The standard InChI is InChI=1S/C11H10Br2ClN3OS/c1-2-17-8(7(14)4-16-17)5-15-11(18)9-3-6(12)10(13)19-9/h3-4H,2,5H2,1H3,(H,15,18). The van der Waals surface area contributed by atoms with E-state index in [9.17, 15) is 4.79 Å². The highest BCUT2D eigenvalue weighted by Crippen LogP contribution is 2.32. The molecule has 2 heterocycles. The molecule has 0 aliphatic heterocycles. The monoisotopic (exact) mass is 425 g/mol. The molecule has 0 bridgehead atoms. The number of hydrogen-bond donors (Lipinski definition) is 1. The van der Waals surface area contributed by atoms with Crippen LogP contribution in [-0.2, 0) is 13.1 Å². The maximum absolute atomic E-state index is 12.0. The van der Waals surface area contributed by atoms with Crippen molar-refractivity contribution in [2.24, 2.45) is 0 Å². The van der Waals surface area contributed by atoms with Gasteiger partial charge < -0.3 is 5.32 Å². The Kier molecular flexibility index (Phi) is 5.05. The molecule has 0 aliphatic rings. The molecule has 0 atom stereocenters. The van der Waals surface area contributed by atoms with Gasteiger partial charge in [-0.3, -0.25) is 9.48 Å². The second kappa shape index (κ2) is 6.39. The molecule has 0 unspecified atom stereocenters. The third-order valence-electron chi connectivity index (χ3n) is 2.48. The number of aromatic nitrogens is 2. The summed E-state index contributed by atoms with van der Waals surface area (Å²) in [5.41, 5.74) is 0.812. The fourth-order valence-corrected chi connectivity index (χ4v) is 3.71. The van der Waals surface area contributed by atoms with E-state index >= 15 is 0 Å². The number of carbonyl (C=O) groups excluding carboxylic acids is 1. The second-order valence-electron chi connectivity index (χ2n) is 3.67. The van der Waals surface area contributed by atoms with E-state index in [1.54, 1.807) is 16.9 Å². The molecule has 4 nitrogen and oxygen atoms in total. The van der Waals surface area contributed by atoms with Crippen molar-refractivity contribution in [3.8, 4) is 0 Å². The molecule has 0 saturated heterocycles. The summed E-state index contributed by atoms with van der Waals surface area (Å²) in [6.45, 7) is 3.05. The van der Waals surface area contributed by atoms with E-state index in [1.807, 2.05) is 6.92 Å². The molecule has 2 rings (SSSR count). The molecule has 19 heavy (non-hydrogen) atoms. The summed E-state index contributed by atoms with van der Waals surface area (Å²) in [4.78, 5) is 12.6. The largest absolute Gasteiger partial charge is 0.346 e. The van der Waals surface area contributed by atoms with Crippen LogP contribution in [0.2, 0.25) is 5.02 Å². The lowest BCUT2D eigenvalue weighted by molar-refractivity contribution is 0.0954. The highest BCUT2D eigenvalue weighted by molar-refractivity contribution is 9.13. The molecule has 102 valence electrons. The van der Waals surface area contributed by atoms with Crippen LogP contribution in [0.5, 0.6) is 0 Å². The van der Waals surface area contributed by atoms with Gasteiger partial charge >= 0.3 is 0 Å². The van der Waals surface area contributed by atoms with Gasteiger partial charge in [0, 0.05) is 11.0 Å². The Balaban J connectivity index is 2.06. The number of rotatable bonds is 4. The summed E-state index contributed by atoms with van der Waals surface area (Å²) in [6.07, 6.45) is 1.59. The van der Waals surface area contributed by atoms with Crippen LogP contribution in [0.1, 0.15) is 22.3 Å². The van der Waals surface area contributed by atoms with Gasteiger partial charge in [-0.1, -0.05) is 11.6 Å². The van der Waals surface area contributed by atoms with Gasteiger partial charge in [0.25, 0.3) is 5.91 Å². The second-order valence-corrected chi connectivity index (χ2v) is 7.30. The summed E-state index contributed by atoms with van der Waals surface area (Å²) < 4.78 is 3.54. The van der Waals surface area contributed by atoms with Crippen molar-refractivity contribution in [1.82, 2.24) is 15.1 Å². The molecular formula is C11H10Br2ClN3OS. The quantitative estimate of drug-likeness (QED) is 0.800. The van der Waals surface area contributed by atoms with Gasteiger partial charge in [-0.05, 0) is 44.8 Å². The minimum Gasteiger partial charge on any atom is -0.346 e. The average molecular weight is 428 g/mol. The summed E-state index contributed by atoms with van der Waals surface area (Å²) in [5, 5.41) is 7.53. The molecule has 2 aromatic heterocycles. The molecule has 0 saturated carbocycles. The van der Waals surface area contributed by atoms with Crippen molar-refractivity contribution < 1.29 is 4.79 Å². The molecule has 1 N–H and O–H groups in total. The third kappa shape index (κ3) is 3.39. The van der Waals surface area contributed by atoms with Crippen LogP contribution in [0.15, 0.2) is 20.5 Å². The molecule has 0 aromatic carbocycles. The van der Waals surface area contributed by atoms with Crippen LogP contribution in [0, 0.1) is 0 Å². The highest BCUT2D eigenvalue weighted by Gasteiger charge is 2.14. The summed E-state index contributed by atoms with van der Waals surface area (Å²) in [6, 6.07) is 1.78. The van der Waals surface area contributed by atoms with Crippen LogP contribution in [-0.4, -0.2) is 15.7 Å². The van der Waals surface area contributed by atoms with Crippen molar-refractivity contribution in [3.63, 3.8) is 0 Å². The number of carbonyl (C=O) groups is 1. The van der Waals surface area contributed by atoms with Gasteiger partial charge in [0.15, 0.2) is 0 Å². The normalized spacial score (nSPS) is 10.7. The van der Waals surface area contributed by atoms with Gasteiger partial charge in [-0.2, -0.15) is 5.10 Å². The predicted molar refractivity (Wildman–Crippen MR) is 83.8 cm³/mol. The number of aryl methyl sites for hydroxylation is 1. The van der Waals surface area contributed by atoms with Crippen LogP contribution in [0.3, 0.4) is 0 Å². The number of thiophene rings is 1. The fraction of sp³-hybridized carbons (Fsp3) is 0.273. The van der Waals surface area contributed by atoms with Gasteiger partial charge in [0.05, 0.1) is 32.1 Å². The molecule has 1 amide bonds. The Bertz CT molecular complexity index is 592. The number of amides is 1. The van der Waals surface area contributed by atoms with Crippen molar-refractivity contribution >= 4 is 60.7 Å². The Morgan fingerprint density at radius 2 is 2.32 bits per heavy atom. The van der Waals surface area contributed by atoms with Gasteiger partial charge in [-0.25, -0.2) is 0 Å². The lowest BCUT2D eigenvalue weighted by Crippen LogP contribution is -2.23. The fourth-order valence-electron chi connectivity index (χ4n) is 1.55. The SMILES string of the molecule is CCn1ncc(Cl)c1CNC(=O)c1cc(Br)c(Br)s1. The topological polar surface area (TPSA) is 46.9 Å². The van der Waals surface area contributed by atoms with E-state index in [-0.39, 0.29) is 5.91 Å². The zero-order chi connectivity index (χ0) is 14.0. The molecule has 8 heteroatoms. The van der Waals surface area contributed by atoms with E-state index < -0.39 is 0 Å². The van der Waals surface area contributed by atoms with Crippen molar-refractivity contribution in [2.45, 2.75) is 20.0 Å². The summed E-state index contributed by atoms with van der Waals surface area (Å²) >= 11 is 14.1. The zero-order valence-corrected chi connectivity index (χ0v) is 14.7. The number of hydrogen-bond acceptors (Lipinski definition) is 3. The lowest BCUT2D eigenvalue weighted by Gasteiger charge is -2.06. The van der Waals surface area contributed by atoms with Gasteiger partial charge in [-0.15, -0.1) is 11.3 Å².